The summed E-state index contributed by atoms with van der Waals surface area (Å²) in [5, 5.41) is 12.9. The van der Waals surface area contributed by atoms with Crippen LogP contribution in [0.1, 0.15) is 32.6 Å². The number of benzene rings is 3. The molecule has 0 bridgehead atoms. The van der Waals surface area contributed by atoms with Gasteiger partial charge in [0, 0.05) is 11.1 Å². The number of alkyl halides is 3. The minimum atomic E-state index is -4.54. The molecule has 1 N–H and O–H groups in total. The van der Waals surface area contributed by atoms with Crippen LogP contribution in [0.4, 0.5) is 13.2 Å². The second-order valence-electron chi connectivity index (χ2n) is 6.53. The molecule has 0 radical (unpaired) electrons. The van der Waals surface area contributed by atoms with Crippen molar-refractivity contribution in [3.8, 4) is 11.8 Å². The molecule has 0 aliphatic carbocycles. The van der Waals surface area contributed by atoms with Crippen molar-refractivity contribution in [1.82, 2.24) is 5.43 Å². The van der Waals surface area contributed by atoms with Gasteiger partial charge >= 0.3 is 6.18 Å². The molecule has 0 aromatic heterocycles. The Hall–Kier alpha value is -3.64. The summed E-state index contributed by atoms with van der Waals surface area (Å²) in [4.78, 5) is 12.1. The number of carbonyl (C=O) groups excluding carboxylic acids is 1. The Balaban J connectivity index is 1.62. The van der Waals surface area contributed by atoms with Gasteiger partial charge in [-0.15, -0.1) is 0 Å². The normalized spacial score (nSPS) is 11.2. The molecule has 0 atom stereocenters. The fourth-order valence-corrected chi connectivity index (χ4v) is 3.20. The molecule has 0 saturated heterocycles. The van der Waals surface area contributed by atoms with Crippen LogP contribution in [0.3, 0.4) is 0 Å². The predicted molar refractivity (Wildman–Crippen MR) is 116 cm³/mol. The van der Waals surface area contributed by atoms with Crippen LogP contribution in [0.5, 0.6) is 5.75 Å². The lowest BCUT2D eigenvalue weighted by atomic mass is 10.1. The third kappa shape index (κ3) is 5.95. The van der Waals surface area contributed by atoms with Gasteiger partial charge in [-0.2, -0.15) is 23.5 Å². The number of hydrogen-bond acceptors (Lipinski definition) is 4. The largest absolute Gasteiger partial charge is 0.488 e. The van der Waals surface area contributed by atoms with E-state index in [1.807, 2.05) is 6.07 Å². The SMILES string of the molecule is N#Cc1ccccc1COc1ccc(/C=N\NC(=O)c2cccc(C(F)(F)F)c2)cc1Br. The van der Waals surface area contributed by atoms with Gasteiger partial charge in [0.05, 0.1) is 27.9 Å². The highest BCUT2D eigenvalue weighted by Gasteiger charge is 2.30. The van der Waals surface area contributed by atoms with Gasteiger partial charge in [0.15, 0.2) is 0 Å². The molecule has 3 aromatic rings. The number of nitriles is 1. The molecular formula is C23H15BrF3N3O2. The third-order valence-corrected chi connectivity index (χ3v) is 4.93. The van der Waals surface area contributed by atoms with E-state index in [0.717, 1.165) is 23.8 Å². The molecule has 0 heterocycles. The second-order valence-corrected chi connectivity index (χ2v) is 7.38. The van der Waals surface area contributed by atoms with Crippen LogP contribution in [-0.2, 0) is 12.8 Å². The number of nitrogens with one attached hydrogen (secondary N) is 1. The van der Waals surface area contributed by atoms with Crippen molar-refractivity contribution in [1.29, 1.82) is 5.26 Å². The summed E-state index contributed by atoms with van der Waals surface area (Å²) >= 11 is 3.39. The Bertz CT molecular complexity index is 1200. The van der Waals surface area contributed by atoms with E-state index in [-0.39, 0.29) is 12.2 Å². The third-order valence-electron chi connectivity index (χ3n) is 4.31. The number of rotatable bonds is 6. The molecule has 0 aliphatic rings. The summed E-state index contributed by atoms with van der Waals surface area (Å²) in [7, 11) is 0. The van der Waals surface area contributed by atoms with Gasteiger partial charge in [-0.1, -0.05) is 24.3 Å². The van der Waals surface area contributed by atoms with Crippen molar-refractivity contribution in [2.45, 2.75) is 12.8 Å². The van der Waals surface area contributed by atoms with Gasteiger partial charge in [-0.05, 0) is 64.0 Å². The van der Waals surface area contributed by atoms with E-state index >= 15 is 0 Å². The second kappa shape index (κ2) is 10.1. The fourth-order valence-electron chi connectivity index (χ4n) is 2.69. The average Bonchev–Trinajstić information content (AvgIpc) is 2.78. The molecule has 0 saturated carbocycles. The molecule has 3 rings (SSSR count). The first kappa shape index (κ1) is 23.0. The predicted octanol–water partition coefficient (Wildman–Crippen LogP) is 5.68. The van der Waals surface area contributed by atoms with Crippen molar-refractivity contribution in [3.63, 3.8) is 0 Å². The van der Waals surface area contributed by atoms with Gasteiger partial charge in [0.1, 0.15) is 12.4 Å². The topological polar surface area (TPSA) is 74.5 Å². The Kier molecular flexibility index (Phi) is 7.28. The Morgan fingerprint density at radius 2 is 1.91 bits per heavy atom. The number of hydrogen-bond donors (Lipinski definition) is 1. The molecule has 0 unspecified atom stereocenters. The zero-order valence-corrected chi connectivity index (χ0v) is 17.9. The molecule has 0 aliphatic heterocycles. The van der Waals surface area contributed by atoms with E-state index in [1.54, 1.807) is 36.4 Å². The van der Waals surface area contributed by atoms with E-state index in [4.69, 9.17) is 10.00 Å². The van der Waals surface area contributed by atoms with Crippen molar-refractivity contribution < 1.29 is 22.7 Å². The van der Waals surface area contributed by atoms with Crippen LogP contribution in [0, 0.1) is 11.3 Å². The van der Waals surface area contributed by atoms with Crippen LogP contribution >= 0.6 is 15.9 Å². The summed E-state index contributed by atoms with van der Waals surface area (Å²) in [6, 6.07) is 18.4. The van der Waals surface area contributed by atoms with Gasteiger partial charge in [-0.3, -0.25) is 4.79 Å². The molecule has 0 spiro atoms. The van der Waals surface area contributed by atoms with Crippen LogP contribution in [0.25, 0.3) is 0 Å². The van der Waals surface area contributed by atoms with Crippen molar-refractivity contribution in [2.24, 2.45) is 5.10 Å². The van der Waals surface area contributed by atoms with Crippen LogP contribution < -0.4 is 10.2 Å². The first-order chi connectivity index (χ1) is 15.3. The van der Waals surface area contributed by atoms with E-state index in [2.05, 4.69) is 32.5 Å². The highest BCUT2D eigenvalue weighted by atomic mass is 79.9. The van der Waals surface area contributed by atoms with Crippen molar-refractivity contribution in [2.75, 3.05) is 0 Å². The first-order valence-corrected chi connectivity index (χ1v) is 9.98. The molecule has 3 aromatic carbocycles. The zero-order valence-electron chi connectivity index (χ0n) is 16.4. The summed E-state index contributed by atoms with van der Waals surface area (Å²) in [6.45, 7) is 0.211. The van der Waals surface area contributed by atoms with E-state index in [1.165, 1.54) is 12.3 Å². The summed E-state index contributed by atoms with van der Waals surface area (Å²) in [5.41, 5.74) is 3.04. The standard InChI is InChI=1S/C23H15BrF3N3O2/c24-20-10-15(8-9-21(20)32-14-18-5-2-1-4-17(18)12-28)13-29-30-22(31)16-6-3-7-19(11-16)23(25,26)27/h1-11,13H,14H2,(H,30,31)/b29-13-. The molecule has 5 nitrogen and oxygen atoms in total. The molecular weight excluding hydrogens is 487 g/mol. The number of halogens is 4. The quantitative estimate of drug-likeness (QED) is 0.348. The van der Waals surface area contributed by atoms with Gasteiger partial charge < -0.3 is 4.74 Å². The minimum Gasteiger partial charge on any atom is -0.488 e. The van der Waals surface area contributed by atoms with Crippen LogP contribution in [0.15, 0.2) is 76.3 Å². The molecule has 0 fully saturated rings. The average molecular weight is 502 g/mol. The van der Waals surface area contributed by atoms with Gasteiger partial charge in [-0.25, -0.2) is 5.43 Å². The lowest BCUT2D eigenvalue weighted by Crippen LogP contribution is -2.18. The fraction of sp³-hybridized carbons (Fsp3) is 0.0870. The smallest absolute Gasteiger partial charge is 0.416 e. The Labute approximate surface area is 190 Å². The Morgan fingerprint density at radius 1 is 1.12 bits per heavy atom. The number of amides is 1. The maximum Gasteiger partial charge on any atom is 0.416 e. The van der Waals surface area contributed by atoms with Crippen molar-refractivity contribution >= 4 is 28.1 Å². The lowest BCUT2D eigenvalue weighted by Gasteiger charge is -2.10. The number of hydrazone groups is 1. The van der Waals surface area contributed by atoms with Crippen molar-refractivity contribution in [3.05, 3.63) is 99.0 Å². The highest BCUT2D eigenvalue weighted by molar-refractivity contribution is 9.10. The van der Waals surface area contributed by atoms with E-state index < -0.39 is 17.6 Å². The lowest BCUT2D eigenvalue weighted by molar-refractivity contribution is -0.137. The van der Waals surface area contributed by atoms with Gasteiger partial charge in [0.25, 0.3) is 5.91 Å². The monoisotopic (exact) mass is 501 g/mol. The molecule has 9 heteroatoms. The Morgan fingerprint density at radius 3 is 2.62 bits per heavy atom. The van der Waals surface area contributed by atoms with Crippen LogP contribution in [0.2, 0.25) is 0 Å². The van der Waals surface area contributed by atoms with E-state index in [9.17, 15) is 18.0 Å². The number of nitrogens with zero attached hydrogens (tertiary/aromatic N) is 2. The van der Waals surface area contributed by atoms with Crippen LogP contribution in [-0.4, -0.2) is 12.1 Å². The first-order valence-electron chi connectivity index (χ1n) is 9.19. The molecule has 1 amide bonds. The molecule has 32 heavy (non-hydrogen) atoms. The van der Waals surface area contributed by atoms with E-state index in [0.29, 0.717) is 21.3 Å². The highest BCUT2D eigenvalue weighted by Crippen LogP contribution is 2.29. The maximum absolute atomic E-state index is 12.8. The maximum atomic E-state index is 12.8. The minimum absolute atomic E-state index is 0.153. The summed E-state index contributed by atoms with van der Waals surface area (Å²) in [6.07, 6.45) is -3.18. The summed E-state index contributed by atoms with van der Waals surface area (Å²) < 4.78 is 44.7. The molecule has 162 valence electrons. The summed E-state index contributed by atoms with van der Waals surface area (Å²) in [5.74, 6) is -0.217. The number of carbonyl (C=O) groups is 1. The van der Waals surface area contributed by atoms with Gasteiger partial charge in [0.2, 0.25) is 0 Å². The number of ether oxygens (including phenoxy) is 1. The zero-order chi connectivity index (χ0) is 23.1.